The minimum Gasteiger partial charge on any atom is -0.294 e. The number of hydrogen-bond donors (Lipinski definition) is 0. The third kappa shape index (κ3) is 2.20. The second-order valence-electron chi connectivity index (χ2n) is 4.70. The molecule has 0 spiro atoms. The Hall–Kier alpha value is -2.50. The molecule has 20 heavy (non-hydrogen) atoms. The van der Waals surface area contributed by atoms with E-state index in [1.807, 2.05) is 19.2 Å². The van der Waals surface area contributed by atoms with Gasteiger partial charge in [0, 0.05) is 12.4 Å². The van der Waals surface area contributed by atoms with Gasteiger partial charge in [0.2, 0.25) is 0 Å². The molecule has 3 rings (SSSR count). The average Bonchev–Trinajstić information content (AvgIpc) is 2.92. The van der Waals surface area contributed by atoms with E-state index < -0.39 is 5.82 Å². The van der Waals surface area contributed by atoms with Gasteiger partial charge in [-0.25, -0.2) is 9.37 Å². The maximum Gasteiger partial charge on any atom is 0.261 e. The molecule has 1 aromatic carbocycles. The molecule has 0 aliphatic heterocycles. The lowest BCUT2D eigenvalue weighted by molar-refractivity contribution is 0.426. The Morgan fingerprint density at radius 2 is 2.25 bits per heavy atom. The van der Waals surface area contributed by atoms with Gasteiger partial charge >= 0.3 is 0 Å². The second kappa shape index (κ2) is 4.88. The van der Waals surface area contributed by atoms with Gasteiger partial charge in [-0.15, -0.1) is 0 Å². The summed E-state index contributed by atoms with van der Waals surface area (Å²) in [5.74, 6) is -0.436. The zero-order chi connectivity index (χ0) is 14.1. The molecule has 2 aromatic heterocycles. The van der Waals surface area contributed by atoms with Crippen LogP contribution in [0.3, 0.4) is 0 Å². The lowest BCUT2D eigenvalue weighted by atomic mass is 10.2. The summed E-state index contributed by atoms with van der Waals surface area (Å²) >= 11 is 0. The van der Waals surface area contributed by atoms with Gasteiger partial charge in [-0.05, 0) is 31.2 Å². The van der Waals surface area contributed by atoms with Crippen LogP contribution in [0.2, 0.25) is 0 Å². The van der Waals surface area contributed by atoms with E-state index in [9.17, 15) is 9.18 Å². The number of aromatic nitrogens is 4. The molecule has 6 heteroatoms. The molecule has 1 atom stereocenters. The van der Waals surface area contributed by atoms with Crippen LogP contribution in [0.15, 0.2) is 47.8 Å². The Morgan fingerprint density at radius 3 is 3.00 bits per heavy atom. The summed E-state index contributed by atoms with van der Waals surface area (Å²) in [6, 6.07) is 5.73. The summed E-state index contributed by atoms with van der Waals surface area (Å²) in [6.45, 7) is 2.45. The fourth-order valence-corrected chi connectivity index (χ4v) is 2.19. The highest BCUT2D eigenvalue weighted by Crippen LogP contribution is 2.11. The number of rotatable bonds is 3. The summed E-state index contributed by atoms with van der Waals surface area (Å²) in [7, 11) is 0. The molecule has 0 saturated carbocycles. The van der Waals surface area contributed by atoms with Crippen LogP contribution in [-0.4, -0.2) is 19.3 Å². The summed E-state index contributed by atoms with van der Waals surface area (Å²) in [4.78, 5) is 16.6. The fourth-order valence-electron chi connectivity index (χ4n) is 2.19. The van der Waals surface area contributed by atoms with Crippen molar-refractivity contribution in [3.8, 4) is 0 Å². The highest BCUT2D eigenvalue weighted by Gasteiger charge is 2.11. The first-order valence-electron chi connectivity index (χ1n) is 6.29. The van der Waals surface area contributed by atoms with Gasteiger partial charge in [-0.2, -0.15) is 5.10 Å². The molecule has 3 aromatic rings. The molecule has 0 fully saturated rings. The van der Waals surface area contributed by atoms with Crippen molar-refractivity contribution in [2.75, 3.05) is 0 Å². The monoisotopic (exact) mass is 272 g/mol. The van der Waals surface area contributed by atoms with E-state index >= 15 is 0 Å². The average molecular weight is 272 g/mol. The molecule has 0 amide bonds. The summed E-state index contributed by atoms with van der Waals surface area (Å²) < 4.78 is 16.5. The van der Waals surface area contributed by atoms with Crippen molar-refractivity contribution in [1.29, 1.82) is 0 Å². The molecule has 0 bridgehead atoms. The minimum atomic E-state index is -0.436. The van der Waals surface area contributed by atoms with Gasteiger partial charge < -0.3 is 0 Å². The van der Waals surface area contributed by atoms with E-state index in [1.54, 1.807) is 10.9 Å². The largest absolute Gasteiger partial charge is 0.294 e. The molecule has 0 saturated heterocycles. The third-order valence-corrected chi connectivity index (χ3v) is 3.23. The van der Waals surface area contributed by atoms with Crippen molar-refractivity contribution in [2.45, 2.75) is 19.5 Å². The van der Waals surface area contributed by atoms with Crippen molar-refractivity contribution in [2.24, 2.45) is 0 Å². The van der Waals surface area contributed by atoms with Crippen LogP contribution < -0.4 is 5.56 Å². The molecular formula is C14H13FN4O. The number of hydrogen-bond acceptors (Lipinski definition) is 3. The zero-order valence-electron chi connectivity index (χ0n) is 10.9. The maximum atomic E-state index is 13.3. The number of fused-ring (bicyclic) bond motifs is 1. The van der Waals surface area contributed by atoms with Crippen molar-refractivity contribution in [3.63, 3.8) is 0 Å². The van der Waals surface area contributed by atoms with Crippen LogP contribution in [0.4, 0.5) is 4.39 Å². The van der Waals surface area contributed by atoms with Crippen LogP contribution in [0.1, 0.15) is 13.0 Å². The van der Waals surface area contributed by atoms with E-state index in [-0.39, 0.29) is 11.6 Å². The summed E-state index contributed by atoms with van der Waals surface area (Å²) in [5, 5.41) is 4.40. The van der Waals surface area contributed by atoms with E-state index in [1.165, 1.54) is 29.1 Å². The Balaban J connectivity index is 2.03. The van der Waals surface area contributed by atoms with Crippen molar-refractivity contribution in [3.05, 3.63) is 59.2 Å². The Labute approximate surface area is 114 Å². The predicted octanol–water partition coefficient (Wildman–Crippen LogP) is 1.99. The van der Waals surface area contributed by atoms with Crippen molar-refractivity contribution >= 4 is 10.9 Å². The molecule has 0 radical (unpaired) electrons. The fraction of sp³-hybridized carbons (Fsp3) is 0.214. The number of nitrogens with zero attached hydrogens (tertiary/aromatic N) is 4. The molecular weight excluding hydrogens is 259 g/mol. The zero-order valence-corrected chi connectivity index (χ0v) is 10.9. The quantitative estimate of drug-likeness (QED) is 0.732. The van der Waals surface area contributed by atoms with Gasteiger partial charge in [-0.1, -0.05) is 0 Å². The van der Waals surface area contributed by atoms with Gasteiger partial charge in [0.15, 0.2) is 0 Å². The van der Waals surface area contributed by atoms with E-state index in [0.717, 1.165) is 0 Å². The van der Waals surface area contributed by atoms with Crippen LogP contribution >= 0.6 is 0 Å². The molecule has 0 N–H and O–H groups in total. The molecule has 2 heterocycles. The van der Waals surface area contributed by atoms with Crippen LogP contribution in [0.25, 0.3) is 10.9 Å². The van der Waals surface area contributed by atoms with Gasteiger partial charge in [-0.3, -0.25) is 14.0 Å². The third-order valence-electron chi connectivity index (χ3n) is 3.23. The van der Waals surface area contributed by atoms with E-state index in [0.29, 0.717) is 17.4 Å². The summed E-state index contributed by atoms with van der Waals surface area (Å²) in [6.07, 6.45) is 5.01. The predicted molar refractivity (Wildman–Crippen MR) is 72.9 cm³/mol. The molecule has 5 nitrogen and oxygen atoms in total. The highest BCUT2D eigenvalue weighted by atomic mass is 19.1. The second-order valence-corrected chi connectivity index (χ2v) is 4.70. The molecule has 0 aliphatic rings. The Kier molecular flexibility index (Phi) is 3.06. The number of halogens is 1. The van der Waals surface area contributed by atoms with Gasteiger partial charge in [0.05, 0.1) is 29.8 Å². The first-order valence-corrected chi connectivity index (χ1v) is 6.29. The van der Waals surface area contributed by atoms with Crippen LogP contribution in [-0.2, 0) is 6.54 Å². The van der Waals surface area contributed by atoms with Crippen LogP contribution in [0, 0.1) is 5.82 Å². The minimum absolute atomic E-state index is 0.123. The summed E-state index contributed by atoms with van der Waals surface area (Å²) in [5.41, 5.74) is 0.257. The normalized spacial score (nSPS) is 12.7. The number of benzene rings is 1. The van der Waals surface area contributed by atoms with Gasteiger partial charge in [0.1, 0.15) is 5.82 Å². The standard InChI is InChI=1S/C14H13FN4O/c1-10(8-18-6-2-5-17-18)19-9-16-13-4-3-11(15)7-12(13)14(19)20/h2-7,9-10H,8H2,1H3/t10-/m0/s1. The van der Waals surface area contributed by atoms with Gasteiger partial charge in [0.25, 0.3) is 5.56 Å². The smallest absolute Gasteiger partial charge is 0.261 e. The van der Waals surface area contributed by atoms with E-state index in [4.69, 9.17) is 0 Å². The van der Waals surface area contributed by atoms with Crippen LogP contribution in [0.5, 0.6) is 0 Å². The SMILES string of the molecule is C[C@@H](Cn1cccn1)n1cnc2ccc(F)cc2c1=O. The van der Waals surface area contributed by atoms with Crippen molar-refractivity contribution in [1.82, 2.24) is 19.3 Å². The maximum absolute atomic E-state index is 13.3. The molecule has 0 unspecified atom stereocenters. The Bertz CT molecular complexity index is 795. The molecule has 0 aliphatic carbocycles. The lowest BCUT2D eigenvalue weighted by Gasteiger charge is -2.15. The van der Waals surface area contributed by atoms with Crippen molar-refractivity contribution < 1.29 is 4.39 Å². The Morgan fingerprint density at radius 1 is 1.40 bits per heavy atom. The van der Waals surface area contributed by atoms with E-state index in [2.05, 4.69) is 10.1 Å². The molecule has 102 valence electrons. The first kappa shape index (κ1) is 12.5. The first-order chi connectivity index (χ1) is 9.65. The topological polar surface area (TPSA) is 52.7 Å². The lowest BCUT2D eigenvalue weighted by Crippen LogP contribution is -2.26. The highest BCUT2D eigenvalue weighted by molar-refractivity contribution is 5.77.